The number of nitrogens with one attached hydrogen (secondary N) is 1. The number of nitrogens with zero attached hydrogens (tertiary/aromatic N) is 2. The van der Waals surface area contributed by atoms with Crippen LogP contribution in [0.3, 0.4) is 0 Å². The van der Waals surface area contributed by atoms with Gasteiger partial charge in [-0.15, -0.1) is 0 Å². The topological polar surface area (TPSA) is 61.8 Å². The molecular formula is C19H25N3O2. The Kier molecular flexibility index (Phi) is 4.20. The fraction of sp³-hybridized carbons (Fsp3) is 0.526. The van der Waals surface area contributed by atoms with Gasteiger partial charge in [-0.1, -0.05) is 58.0 Å². The molecule has 1 aromatic carbocycles. The van der Waals surface area contributed by atoms with Crippen molar-refractivity contribution < 1.29 is 9.59 Å². The summed E-state index contributed by atoms with van der Waals surface area (Å²) in [6.07, 6.45) is 0.640. The first-order chi connectivity index (χ1) is 11.4. The lowest BCUT2D eigenvalue weighted by Crippen LogP contribution is -2.60. The molecule has 2 amide bonds. The van der Waals surface area contributed by atoms with Crippen molar-refractivity contribution in [1.29, 1.82) is 0 Å². The van der Waals surface area contributed by atoms with Gasteiger partial charge in [0.1, 0.15) is 17.9 Å². The van der Waals surface area contributed by atoms with E-state index in [1.807, 2.05) is 58.0 Å². The van der Waals surface area contributed by atoms with Gasteiger partial charge in [0.05, 0.1) is 6.04 Å². The first kappa shape index (κ1) is 16.7. The number of carbonyl (C=O) groups excluding carboxylic acids is 2. The van der Waals surface area contributed by atoms with Crippen LogP contribution in [0.1, 0.15) is 33.3 Å². The zero-order valence-electron chi connectivity index (χ0n) is 14.7. The Balaban J connectivity index is 1.99. The molecule has 0 spiro atoms. The van der Waals surface area contributed by atoms with Gasteiger partial charge in [0.15, 0.2) is 0 Å². The van der Waals surface area contributed by atoms with E-state index in [1.54, 1.807) is 4.90 Å². The number of hydrogen-bond acceptors (Lipinski definition) is 3. The minimum absolute atomic E-state index is 0.0320. The summed E-state index contributed by atoms with van der Waals surface area (Å²) in [7, 11) is 0. The van der Waals surface area contributed by atoms with Crippen molar-refractivity contribution in [2.24, 2.45) is 16.8 Å². The van der Waals surface area contributed by atoms with E-state index in [1.165, 1.54) is 0 Å². The first-order valence-corrected chi connectivity index (χ1v) is 8.61. The molecule has 0 aromatic heterocycles. The normalized spacial score (nSPS) is 22.7. The molecule has 5 heteroatoms. The van der Waals surface area contributed by atoms with Gasteiger partial charge in [-0.25, -0.2) is 0 Å². The number of rotatable bonds is 4. The molecule has 5 nitrogen and oxygen atoms in total. The van der Waals surface area contributed by atoms with E-state index < -0.39 is 5.54 Å². The SMILES string of the molecule is CC(C)C1(C(C)C)N=C2C(Cc3ccccc3)NC(=O)CN2C1=O. The number of amidine groups is 1. The van der Waals surface area contributed by atoms with E-state index >= 15 is 0 Å². The molecule has 2 aliphatic heterocycles. The summed E-state index contributed by atoms with van der Waals surface area (Å²) in [4.78, 5) is 31.8. The molecule has 1 saturated heterocycles. The van der Waals surface area contributed by atoms with Crippen LogP contribution in [-0.2, 0) is 16.0 Å². The second kappa shape index (κ2) is 6.04. The van der Waals surface area contributed by atoms with Gasteiger partial charge in [-0.3, -0.25) is 19.5 Å². The Morgan fingerprint density at radius 1 is 1.17 bits per heavy atom. The molecule has 1 unspecified atom stereocenters. The molecule has 24 heavy (non-hydrogen) atoms. The van der Waals surface area contributed by atoms with E-state index in [0.29, 0.717) is 12.3 Å². The van der Waals surface area contributed by atoms with Crippen molar-refractivity contribution in [2.45, 2.75) is 45.7 Å². The van der Waals surface area contributed by atoms with Gasteiger partial charge in [-0.05, 0) is 23.8 Å². The molecule has 1 aromatic rings. The van der Waals surface area contributed by atoms with Gasteiger partial charge in [0.25, 0.3) is 5.91 Å². The molecule has 1 fully saturated rings. The number of fused-ring (bicyclic) bond motifs is 1. The Bertz CT molecular complexity index is 671. The van der Waals surface area contributed by atoms with Crippen molar-refractivity contribution in [3.63, 3.8) is 0 Å². The highest BCUT2D eigenvalue weighted by atomic mass is 16.2. The third-order valence-electron chi connectivity index (χ3n) is 5.16. The molecule has 0 aliphatic carbocycles. The summed E-state index contributed by atoms with van der Waals surface area (Å²) in [5.74, 6) is 0.721. The summed E-state index contributed by atoms with van der Waals surface area (Å²) in [5.41, 5.74) is 0.350. The molecule has 0 saturated carbocycles. The lowest BCUT2D eigenvalue weighted by molar-refractivity contribution is -0.138. The Morgan fingerprint density at radius 3 is 2.38 bits per heavy atom. The number of carbonyl (C=O) groups is 2. The monoisotopic (exact) mass is 327 g/mol. The predicted molar refractivity (Wildman–Crippen MR) is 93.6 cm³/mol. The van der Waals surface area contributed by atoms with Crippen LogP contribution in [0.25, 0.3) is 0 Å². The van der Waals surface area contributed by atoms with Gasteiger partial charge in [-0.2, -0.15) is 0 Å². The van der Waals surface area contributed by atoms with Gasteiger partial charge in [0, 0.05) is 0 Å². The minimum atomic E-state index is -0.767. The maximum Gasteiger partial charge on any atom is 0.256 e. The van der Waals surface area contributed by atoms with E-state index in [0.717, 1.165) is 5.56 Å². The standard InChI is InChI=1S/C19H25N3O2/c1-12(2)19(13(3)4)18(24)22-11-16(23)20-15(17(22)21-19)10-14-8-6-5-7-9-14/h5-9,12-13,15H,10-11H2,1-4H3,(H,20,23). The lowest BCUT2D eigenvalue weighted by Gasteiger charge is -2.34. The van der Waals surface area contributed by atoms with E-state index in [9.17, 15) is 9.59 Å². The van der Waals surface area contributed by atoms with Crippen molar-refractivity contribution >= 4 is 17.6 Å². The zero-order valence-corrected chi connectivity index (χ0v) is 14.7. The highest BCUT2D eigenvalue weighted by Gasteiger charge is 2.55. The van der Waals surface area contributed by atoms with Gasteiger partial charge < -0.3 is 5.32 Å². The summed E-state index contributed by atoms with van der Waals surface area (Å²) in [6, 6.07) is 9.73. The van der Waals surface area contributed by atoms with Gasteiger partial charge >= 0.3 is 0 Å². The molecular weight excluding hydrogens is 302 g/mol. The fourth-order valence-electron chi connectivity index (χ4n) is 3.90. The summed E-state index contributed by atoms with van der Waals surface area (Å²) in [5, 5.41) is 3.01. The molecule has 2 aliphatic rings. The van der Waals surface area contributed by atoms with Crippen molar-refractivity contribution in [2.75, 3.05) is 6.54 Å². The second-order valence-electron chi connectivity index (χ2n) is 7.31. The summed E-state index contributed by atoms with van der Waals surface area (Å²) >= 11 is 0. The molecule has 0 radical (unpaired) electrons. The molecule has 1 N–H and O–H groups in total. The molecule has 2 heterocycles. The Labute approximate surface area is 143 Å². The maximum atomic E-state index is 13.1. The largest absolute Gasteiger partial charge is 0.344 e. The van der Waals surface area contributed by atoms with Gasteiger partial charge in [0.2, 0.25) is 5.91 Å². The zero-order chi connectivity index (χ0) is 17.5. The van der Waals surface area contributed by atoms with Crippen LogP contribution < -0.4 is 5.32 Å². The number of hydrogen-bond donors (Lipinski definition) is 1. The third-order valence-corrected chi connectivity index (χ3v) is 5.16. The molecule has 128 valence electrons. The van der Waals surface area contributed by atoms with Crippen molar-refractivity contribution in [1.82, 2.24) is 10.2 Å². The van der Waals surface area contributed by atoms with Crippen LogP contribution in [-0.4, -0.2) is 40.7 Å². The van der Waals surface area contributed by atoms with Crippen molar-refractivity contribution in [3.05, 3.63) is 35.9 Å². The average molecular weight is 327 g/mol. The van der Waals surface area contributed by atoms with E-state index in [-0.39, 0.29) is 36.2 Å². The highest BCUT2D eigenvalue weighted by Crippen LogP contribution is 2.38. The van der Waals surface area contributed by atoms with Crippen LogP contribution in [0.15, 0.2) is 35.3 Å². The van der Waals surface area contributed by atoms with Crippen LogP contribution in [0.5, 0.6) is 0 Å². The quantitative estimate of drug-likeness (QED) is 0.919. The van der Waals surface area contributed by atoms with Crippen LogP contribution >= 0.6 is 0 Å². The Morgan fingerprint density at radius 2 is 1.79 bits per heavy atom. The fourth-order valence-corrected chi connectivity index (χ4v) is 3.90. The summed E-state index contributed by atoms with van der Waals surface area (Å²) in [6.45, 7) is 8.19. The molecule has 0 bridgehead atoms. The van der Waals surface area contributed by atoms with Crippen LogP contribution in [0.4, 0.5) is 0 Å². The Hall–Kier alpha value is -2.17. The van der Waals surface area contributed by atoms with Crippen LogP contribution in [0, 0.1) is 11.8 Å². The number of amides is 2. The molecule has 3 rings (SSSR count). The number of benzene rings is 1. The minimum Gasteiger partial charge on any atom is -0.344 e. The smallest absolute Gasteiger partial charge is 0.256 e. The van der Waals surface area contributed by atoms with E-state index in [2.05, 4.69) is 5.32 Å². The summed E-state index contributed by atoms with van der Waals surface area (Å²) < 4.78 is 0. The third kappa shape index (κ3) is 2.52. The average Bonchev–Trinajstić information content (AvgIpc) is 2.83. The van der Waals surface area contributed by atoms with E-state index in [4.69, 9.17) is 4.99 Å². The predicted octanol–water partition coefficient (Wildman–Crippen LogP) is 2.02. The lowest BCUT2D eigenvalue weighted by atomic mass is 9.77. The first-order valence-electron chi connectivity index (χ1n) is 8.61. The number of aliphatic imine (C=N–C) groups is 1. The van der Waals surface area contributed by atoms with Crippen molar-refractivity contribution in [3.8, 4) is 0 Å². The molecule has 1 atom stereocenters. The maximum absolute atomic E-state index is 13.1. The highest BCUT2D eigenvalue weighted by molar-refractivity contribution is 6.14. The second-order valence-corrected chi connectivity index (χ2v) is 7.31. The van der Waals surface area contributed by atoms with Crippen LogP contribution in [0.2, 0.25) is 0 Å². The number of piperazine rings is 1.